The highest BCUT2D eigenvalue weighted by atomic mass is 16.7. The number of hydroxylamine groups is 1. The zero-order valence-electron chi connectivity index (χ0n) is 16.1. The lowest BCUT2D eigenvalue weighted by atomic mass is 9.98. The van der Waals surface area contributed by atoms with Crippen LogP contribution in [0.5, 0.6) is 0 Å². The van der Waals surface area contributed by atoms with E-state index >= 15 is 0 Å². The standard InChI is InChI=1S/C21H22N2O6/c1-21(2,19(26)23-29-12-18(24)25)22-20(27)28-11-17-15-9-5-3-7-13(15)14-8-4-6-10-16(14)17/h3-10,17H,11-12H2,1-2H3,(H,22,27)(H,23,26)(H,24,25). The number of carboxylic acid groups (broad SMARTS) is 1. The van der Waals surface area contributed by atoms with Crippen LogP contribution in [0.25, 0.3) is 11.1 Å². The van der Waals surface area contributed by atoms with Gasteiger partial charge < -0.3 is 15.2 Å². The second-order valence-corrected chi connectivity index (χ2v) is 7.19. The lowest BCUT2D eigenvalue weighted by Crippen LogP contribution is -2.55. The average molecular weight is 398 g/mol. The van der Waals surface area contributed by atoms with E-state index in [4.69, 9.17) is 9.84 Å². The molecule has 0 radical (unpaired) electrons. The molecule has 1 aliphatic carbocycles. The molecule has 0 unspecified atom stereocenters. The zero-order chi connectivity index (χ0) is 21.0. The number of rotatable bonds is 7. The number of benzene rings is 2. The maximum absolute atomic E-state index is 12.3. The third-order valence-electron chi connectivity index (χ3n) is 4.69. The summed E-state index contributed by atoms with van der Waals surface area (Å²) in [5.74, 6) is -2.02. The summed E-state index contributed by atoms with van der Waals surface area (Å²) in [4.78, 5) is 39.3. The van der Waals surface area contributed by atoms with Crippen molar-refractivity contribution in [2.45, 2.75) is 25.3 Å². The molecule has 0 spiro atoms. The number of hydrogen-bond donors (Lipinski definition) is 3. The van der Waals surface area contributed by atoms with Gasteiger partial charge in [-0.05, 0) is 36.1 Å². The molecule has 0 atom stereocenters. The Morgan fingerprint density at radius 1 is 1.00 bits per heavy atom. The van der Waals surface area contributed by atoms with Crippen molar-refractivity contribution < 1.29 is 29.1 Å². The fourth-order valence-corrected chi connectivity index (χ4v) is 3.24. The highest BCUT2D eigenvalue weighted by Gasteiger charge is 2.32. The summed E-state index contributed by atoms with van der Waals surface area (Å²) in [6, 6.07) is 15.9. The van der Waals surface area contributed by atoms with E-state index in [2.05, 4.69) is 10.2 Å². The van der Waals surface area contributed by atoms with Gasteiger partial charge in [-0.2, -0.15) is 0 Å². The molecule has 8 heteroatoms. The first-order valence-corrected chi connectivity index (χ1v) is 9.07. The zero-order valence-corrected chi connectivity index (χ0v) is 16.1. The Hall–Kier alpha value is -3.39. The summed E-state index contributed by atoms with van der Waals surface area (Å²) in [5.41, 5.74) is 5.04. The first kappa shape index (κ1) is 20.3. The van der Waals surface area contributed by atoms with E-state index in [1.165, 1.54) is 13.8 Å². The normalized spacial score (nSPS) is 12.6. The summed E-state index contributed by atoms with van der Waals surface area (Å²) in [6.07, 6.45) is -0.759. The van der Waals surface area contributed by atoms with Crippen LogP contribution >= 0.6 is 0 Å². The predicted octanol–water partition coefficient (Wildman–Crippen LogP) is 2.44. The molecule has 2 aromatic rings. The van der Waals surface area contributed by atoms with E-state index in [0.29, 0.717) is 0 Å². The quantitative estimate of drug-likeness (QED) is 0.617. The van der Waals surface area contributed by atoms with Gasteiger partial charge in [0.15, 0.2) is 6.61 Å². The van der Waals surface area contributed by atoms with Crippen LogP contribution in [0.1, 0.15) is 30.9 Å². The molecule has 0 fully saturated rings. The average Bonchev–Trinajstić information content (AvgIpc) is 2.99. The Bertz CT molecular complexity index is 895. The molecule has 1 aliphatic rings. The van der Waals surface area contributed by atoms with Crippen molar-refractivity contribution >= 4 is 18.0 Å². The van der Waals surface area contributed by atoms with Crippen molar-refractivity contribution in [2.24, 2.45) is 0 Å². The first-order chi connectivity index (χ1) is 13.8. The minimum atomic E-state index is -1.36. The van der Waals surface area contributed by atoms with E-state index in [-0.39, 0.29) is 12.5 Å². The van der Waals surface area contributed by atoms with E-state index in [1.54, 1.807) is 0 Å². The smallest absolute Gasteiger partial charge is 0.408 e. The largest absolute Gasteiger partial charge is 0.479 e. The van der Waals surface area contributed by atoms with Crippen LogP contribution in [0, 0.1) is 0 Å². The highest BCUT2D eigenvalue weighted by Crippen LogP contribution is 2.44. The Kier molecular flexibility index (Phi) is 5.84. The van der Waals surface area contributed by atoms with Crippen LogP contribution in [0.15, 0.2) is 48.5 Å². The number of alkyl carbamates (subject to hydrolysis) is 1. The number of aliphatic carboxylic acids is 1. The van der Waals surface area contributed by atoms with Crippen LogP contribution in [-0.2, 0) is 19.2 Å². The van der Waals surface area contributed by atoms with E-state index in [0.717, 1.165) is 22.3 Å². The molecule has 2 aromatic carbocycles. The molecule has 3 N–H and O–H groups in total. The Labute approximate surface area is 167 Å². The van der Waals surface area contributed by atoms with Crippen LogP contribution < -0.4 is 10.8 Å². The van der Waals surface area contributed by atoms with Gasteiger partial charge in [-0.25, -0.2) is 15.1 Å². The van der Waals surface area contributed by atoms with Gasteiger partial charge in [0, 0.05) is 5.92 Å². The van der Waals surface area contributed by atoms with Crippen molar-refractivity contribution in [3.05, 3.63) is 59.7 Å². The van der Waals surface area contributed by atoms with Crippen molar-refractivity contribution in [2.75, 3.05) is 13.2 Å². The van der Waals surface area contributed by atoms with E-state index in [9.17, 15) is 14.4 Å². The molecule has 152 valence electrons. The molecule has 2 amide bonds. The molecule has 0 aliphatic heterocycles. The number of ether oxygens (including phenoxy) is 1. The first-order valence-electron chi connectivity index (χ1n) is 9.07. The number of carboxylic acids is 1. The number of carbonyl (C=O) groups is 3. The molecule has 8 nitrogen and oxygen atoms in total. The molecule has 0 aromatic heterocycles. The van der Waals surface area contributed by atoms with Gasteiger partial charge in [0.2, 0.25) is 0 Å². The molecule has 0 saturated heterocycles. The van der Waals surface area contributed by atoms with Crippen LogP contribution in [0.3, 0.4) is 0 Å². The van der Waals surface area contributed by atoms with Gasteiger partial charge in [0.1, 0.15) is 12.1 Å². The summed E-state index contributed by atoms with van der Waals surface area (Å²) in [7, 11) is 0. The third-order valence-corrected chi connectivity index (χ3v) is 4.69. The van der Waals surface area contributed by atoms with Gasteiger partial charge in [0.25, 0.3) is 5.91 Å². The summed E-state index contributed by atoms with van der Waals surface area (Å²) in [5, 5.41) is 11.0. The van der Waals surface area contributed by atoms with Crippen molar-refractivity contribution in [1.29, 1.82) is 0 Å². The molecular weight excluding hydrogens is 376 g/mol. The Balaban J connectivity index is 1.61. The SMILES string of the molecule is CC(C)(NC(=O)OCC1c2ccccc2-c2ccccc21)C(=O)NOCC(=O)O. The van der Waals surface area contributed by atoms with Crippen molar-refractivity contribution in [3.8, 4) is 11.1 Å². The van der Waals surface area contributed by atoms with Gasteiger partial charge >= 0.3 is 12.1 Å². The number of fused-ring (bicyclic) bond motifs is 3. The van der Waals surface area contributed by atoms with Crippen LogP contribution in [-0.4, -0.2) is 41.8 Å². The van der Waals surface area contributed by atoms with Crippen LogP contribution in [0.4, 0.5) is 4.79 Å². The Morgan fingerprint density at radius 3 is 2.10 bits per heavy atom. The minimum absolute atomic E-state index is 0.0935. The topological polar surface area (TPSA) is 114 Å². The minimum Gasteiger partial charge on any atom is -0.479 e. The maximum atomic E-state index is 12.3. The molecule has 3 rings (SSSR count). The lowest BCUT2D eigenvalue weighted by molar-refractivity contribution is -0.151. The monoisotopic (exact) mass is 398 g/mol. The molecule has 0 saturated carbocycles. The second-order valence-electron chi connectivity index (χ2n) is 7.19. The van der Waals surface area contributed by atoms with Gasteiger partial charge in [-0.3, -0.25) is 9.63 Å². The summed E-state index contributed by atoms with van der Waals surface area (Å²) in [6.45, 7) is 2.33. The van der Waals surface area contributed by atoms with Crippen LogP contribution in [0.2, 0.25) is 0 Å². The third kappa shape index (κ3) is 4.55. The number of hydrogen-bond acceptors (Lipinski definition) is 5. The summed E-state index contributed by atoms with van der Waals surface area (Å²) >= 11 is 0. The number of amides is 2. The fourth-order valence-electron chi connectivity index (χ4n) is 3.24. The lowest BCUT2D eigenvalue weighted by Gasteiger charge is -2.24. The number of carbonyl (C=O) groups excluding carboxylic acids is 2. The van der Waals surface area contributed by atoms with Crippen molar-refractivity contribution in [3.63, 3.8) is 0 Å². The molecular formula is C21H22N2O6. The van der Waals surface area contributed by atoms with Gasteiger partial charge in [0.05, 0.1) is 0 Å². The van der Waals surface area contributed by atoms with E-state index < -0.39 is 30.1 Å². The van der Waals surface area contributed by atoms with Crippen molar-refractivity contribution in [1.82, 2.24) is 10.8 Å². The molecule has 0 heterocycles. The maximum Gasteiger partial charge on any atom is 0.408 e. The van der Waals surface area contributed by atoms with Gasteiger partial charge in [-0.15, -0.1) is 0 Å². The fraction of sp³-hybridized carbons (Fsp3) is 0.286. The second kappa shape index (κ2) is 8.32. The molecule has 29 heavy (non-hydrogen) atoms. The highest BCUT2D eigenvalue weighted by molar-refractivity contribution is 5.88. The molecule has 0 bridgehead atoms. The summed E-state index contributed by atoms with van der Waals surface area (Å²) < 4.78 is 5.40. The number of nitrogens with one attached hydrogen (secondary N) is 2. The van der Waals surface area contributed by atoms with Gasteiger partial charge in [-0.1, -0.05) is 48.5 Å². The van der Waals surface area contributed by atoms with E-state index in [1.807, 2.05) is 54.0 Å². The predicted molar refractivity (Wildman–Crippen MR) is 104 cm³/mol. The Morgan fingerprint density at radius 2 is 1.55 bits per heavy atom.